The Morgan fingerprint density at radius 3 is 3.10 bits per heavy atom. The average Bonchev–Trinajstić information content (AvgIpc) is 2.84. The summed E-state index contributed by atoms with van der Waals surface area (Å²) in [5.74, 6) is -0.197. The summed E-state index contributed by atoms with van der Waals surface area (Å²) in [6.45, 7) is 0. The molecule has 0 saturated heterocycles. The smallest absolute Gasteiger partial charge is 0.134 e. The van der Waals surface area contributed by atoms with Crippen LogP contribution in [0.2, 0.25) is 0 Å². The maximum atomic E-state index is 9.27. The van der Waals surface area contributed by atoms with Gasteiger partial charge in [0, 0.05) is 6.17 Å². The lowest BCUT2D eigenvalue weighted by atomic mass is 10.2. The van der Waals surface area contributed by atoms with E-state index < -0.39 is 5.75 Å². The molecule has 1 aromatic heterocycles. The number of aromatic nitrogens is 1. The fourth-order valence-corrected chi connectivity index (χ4v) is 0.890. The van der Waals surface area contributed by atoms with Gasteiger partial charge in [-0.1, -0.05) is 0 Å². The molecule has 2 rings (SSSR count). The molecule has 10 heavy (non-hydrogen) atoms. The van der Waals surface area contributed by atoms with Crippen molar-refractivity contribution in [2.45, 2.75) is 18.8 Å². The maximum absolute atomic E-state index is 9.27. The number of nitrogens with zero attached hydrogens (tertiary/aromatic N) is 1. The molecule has 1 aliphatic carbocycles. The first-order valence-electron chi connectivity index (χ1n) is 4.78. The van der Waals surface area contributed by atoms with Crippen LogP contribution in [0.4, 0.5) is 0 Å². The Kier molecular flexibility index (Phi) is 0.666. The summed E-state index contributed by atoms with van der Waals surface area (Å²) in [6.07, 6.45) is 1.50. The Labute approximate surface area is 63.7 Å². The molecule has 2 heteroatoms. The van der Waals surface area contributed by atoms with E-state index in [2.05, 4.69) is 4.98 Å². The van der Waals surface area contributed by atoms with Crippen molar-refractivity contribution in [2.75, 3.05) is 0 Å². The zero-order chi connectivity index (χ0) is 9.59. The van der Waals surface area contributed by atoms with Gasteiger partial charge < -0.3 is 5.11 Å². The second-order valence-corrected chi connectivity index (χ2v) is 2.50. The molecule has 1 saturated carbocycles. The van der Waals surface area contributed by atoms with Gasteiger partial charge in [0.15, 0.2) is 0 Å². The molecule has 1 aliphatic rings. The highest BCUT2D eigenvalue weighted by Crippen LogP contribution is 2.40. The number of rotatable bonds is 1. The summed E-state index contributed by atoms with van der Waals surface area (Å²) in [5, 5.41) is 9.27. The second-order valence-electron chi connectivity index (χ2n) is 2.50. The van der Waals surface area contributed by atoms with Crippen molar-refractivity contribution in [2.24, 2.45) is 0 Å². The lowest BCUT2D eigenvalue weighted by molar-refractivity contribution is 0.471. The highest BCUT2D eigenvalue weighted by Gasteiger charge is 2.23. The normalized spacial score (nSPS) is 21.4. The summed E-state index contributed by atoms with van der Waals surface area (Å²) in [7, 11) is 0. The van der Waals surface area contributed by atoms with Gasteiger partial charge in [0.05, 0.1) is 10.3 Å². The van der Waals surface area contributed by atoms with Gasteiger partial charge in [-0.2, -0.15) is 0 Å². The topological polar surface area (TPSA) is 33.1 Å². The molecular formula is C8H9NO. The molecular weight excluding hydrogens is 126 g/mol. The van der Waals surface area contributed by atoms with Gasteiger partial charge in [-0.25, -0.2) is 0 Å². The van der Waals surface area contributed by atoms with Crippen molar-refractivity contribution in [3.05, 3.63) is 24.0 Å². The zero-order valence-electron chi connectivity index (χ0n) is 8.39. The predicted molar refractivity (Wildman–Crippen MR) is 37.9 cm³/mol. The van der Waals surface area contributed by atoms with Crippen molar-refractivity contribution < 1.29 is 9.22 Å². The van der Waals surface area contributed by atoms with E-state index in [1.807, 2.05) is 0 Å². The Hall–Kier alpha value is -1.05. The molecule has 2 nitrogen and oxygen atoms in total. The van der Waals surface area contributed by atoms with Crippen LogP contribution in [0.1, 0.15) is 28.4 Å². The van der Waals surface area contributed by atoms with Crippen LogP contribution in [0.5, 0.6) is 5.75 Å². The molecule has 0 spiro atoms. The van der Waals surface area contributed by atoms with Gasteiger partial charge in [-0.15, -0.1) is 0 Å². The highest BCUT2D eigenvalue weighted by atomic mass is 16.3. The summed E-state index contributed by atoms with van der Waals surface area (Å²) in [5.41, 5.74) is 0.494. The van der Waals surface area contributed by atoms with Crippen molar-refractivity contribution >= 4 is 0 Å². The molecule has 1 heterocycles. The second kappa shape index (κ2) is 1.97. The van der Waals surface area contributed by atoms with Gasteiger partial charge in [-0.05, 0) is 30.4 Å². The first kappa shape index (κ1) is 3.37. The van der Waals surface area contributed by atoms with Crippen molar-refractivity contribution in [1.29, 1.82) is 0 Å². The molecule has 52 valence electrons. The minimum Gasteiger partial charge on any atom is -0.506 e. The minimum atomic E-state index is -0.405. The molecule has 1 N–H and O–H groups in total. The van der Waals surface area contributed by atoms with Gasteiger partial charge in [-0.3, -0.25) is 4.98 Å². The molecule has 1 aromatic rings. The molecule has 0 unspecified atom stereocenters. The van der Waals surface area contributed by atoms with Crippen LogP contribution >= 0.6 is 0 Å². The van der Waals surface area contributed by atoms with Crippen LogP contribution in [0.25, 0.3) is 0 Å². The zero-order valence-corrected chi connectivity index (χ0v) is 5.39. The minimum absolute atomic E-state index is 0.0321. The van der Waals surface area contributed by atoms with E-state index in [9.17, 15) is 5.11 Å². The first-order chi connectivity index (χ1) is 6.11. The standard InChI is InChI=1S/C8H9NO/c10-8-3-7(4-9-5-8)6-1-2-6/h3-6,10H,1-2H2/i3D,4D,5D. The Balaban J connectivity index is 2.60. The molecule has 0 amide bonds. The molecule has 0 aliphatic heterocycles. The fraction of sp³-hybridized carbons (Fsp3) is 0.375. The van der Waals surface area contributed by atoms with Gasteiger partial charge >= 0.3 is 0 Å². The van der Waals surface area contributed by atoms with E-state index in [1.54, 1.807) is 0 Å². The van der Waals surface area contributed by atoms with E-state index in [1.165, 1.54) is 0 Å². The third kappa shape index (κ3) is 0.967. The summed E-state index contributed by atoms with van der Waals surface area (Å²) in [4.78, 5) is 3.56. The summed E-state index contributed by atoms with van der Waals surface area (Å²) >= 11 is 0. The summed E-state index contributed by atoms with van der Waals surface area (Å²) < 4.78 is 22.1. The lowest BCUT2D eigenvalue weighted by Crippen LogP contribution is -1.79. The van der Waals surface area contributed by atoms with Crippen LogP contribution in [0.3, 0.4) is 0 Å². The molecule has 0 radical (unpaired) electrons. The van der Waals surface area contributed by atoms with Gasteiger partial charge in [0.25, 0.3) is 0 Å². The third-order valence-corrected chi connectivity index (χ3v) is 1.58. The van der Waals surface area contributed by atoms with Crippen LogP contribution in [-0.4, -0.2) is 10.1 Å². The number of hydrogen-bond acceptors (Lipinski definition) is 2. The van der Waals surface area contributed by atoms with E-state index in [0.29, 0.717) is 5.56 Å². The largest absolute Gasteiger partial charge is 0.506 e. The molecule has 0 aromatic carbocycles. The van der Waals surface area contributed by atoms with Crippen LogP contribution in [0.15, 0.2) is 18.4 Å². The Bertz CT molecular complexity index is 363. The average molecular weight is 138 g/mol. The third-order valence-electron chi connectivity index (χ3n) is 1.58. The number of hydrogen-bond donors (Lipinski definition) is 1. The van der Waals surface area contributed by atoms with E-state index >= 15 is 0 Å². The first-order valence-corrected chi connectivity index (χ1v) is 3.28. The molecule has 1 fully saturated rings. The molecule has 0 atom stereocenters. The van der Waals surface area contributed by atoms with Crippen LogP contribution in [-0.2, 0) is 0 Å². The van der Waals surface area contributed by atoms with Gasteiger partial charge in [0.2, 0.25) is 0 Å². The van der Waals surface area contributed by atoms with E-state index in [0.717, 1.165) is 12.8 Å². The Morgan fingerprint density at radius 2 is 2.40 bits per heavy atom. The van der Waals surface area contributed by atoms with E-state index in [-0.39, 0.29) is 24.3 Å². The van der Waals surface area contributed by atoms with Crippen molar-refractivity contribution in [3.63, 3.8) is 0 Å². The van der Waals surface area contributed by atoms with Crippen LogP contribution in [0, 0.1) is 0 Å². The predicted octanol–water partition coefficient (Wildman–Crippen LogP) is 1.66. The number of aromatic hydroxyl groups is 1. The summed E-state index contributed by atoms with van der Waals surface area (Å²) in [6, 6.07) is -0.0903. The van der Waals surface area contributed by atoms with E-state index in [4.69, 9.17) is 4.11 Å². The SMILES string of the molecule is [2H]c1nc([2H])c(C2CC2)c([2H])c1O. The number of pyridine rings is 1. The van der Waals surface area contributed by atoms with Gasteiger partial charge in [0.1, 0.15) is 5.75 Å². The monoisotopic (exact) mass is 138 g/mol. The fourth-order valence-electron chi connectivity index (χ4n) is 0.890. The Morgan fingerprint density at radius 1 is 1.60 bits per heavy atom. The quantitative estimate of drug-likeness (QED) is 0.640. The highest BCUT2D eigenvalue weighted by molar-refractivity contribution is 5.27. The van der Waals surface area contributed by atoms with Crippen LogP contribution < -0.4 is 0 Å². The molecule has 0 bridgehead atoms. The van der Waals surface area contributed by atoms with Crippen molar-refractivity contribution in [1.82, 2.24) is 4.98 Å². The maximum Gasteiger partial charge on any atom is 0.134 e. The van der Waals surface area contributed by atoms with Crippen molar-refractivity contribution in [3.8, 4) is 5.75 Å². The lowest BCUT2D eigenvalue weighted by Gasteiger charge is -1.95.